The predicted molar refractivity (Wildman–Crippen MR) is 74.8 cm³/mol. The summed E-state index contributed by atoms with van der Waals surface area (Å²) in [5, 5.41) is 4.36. The Labute approximate surface area is 117 Å². The fourth-order valence-corrected chi connectivity index (χ4v) is 2.65. The molecule has 0 saturated carbocycles. The Kier molecular flexibility index (Phi) is 4.79. The van der Waals surface area contributed by atoms with Gasteiger partial charge in [0.15, 0.2) is 0 Å². The van der Waals surface area contributed by atoms with E-state index in [4.69, 9.17) is 22.1 Å². The molecule has 1 atom stereocenters. The lowest BCUT2D eigenvalue weighted by Crippen LogP contribution is -2.37. The summed E-state index contributed by atoms with van der Waals surface area (Å²) in [6, 6.07) is 0.244. The first-order valence-electron chi connectivity index (χ1n) is 6.40. The molecule has 1 aliphatic heterocycles. The summed E-state index contributed by atoms with van der Waals surface area (Å²) in [7, 11) is 1.58. The molecule has 0 radical (unpaired) electrons. The Morgan fingerprint density at radius 1 is 1.63 bits per heavy atom. The molecule has 0 spiro atoms. The van der Waals surface area contributed by atoms with Crippen LogP contribution in [0.1, 0.15) is 12.8 Å². The predicted octanol–water partition coefficient (Wildman–Crippen LogP) is 0.471. The van der Waals surface area contributed by atoms with Crippen LogP contribution in [0.25, 0.3) is 0 Å². The van der Waals surface area contributed by atoms with Crippen LogP contribution in [0.15, 0.2) is 11.0 Å². The SMILES string of the molecule is COCCn1ncc(N2CCCC2CN)c(Cl)c1=O. The lowest BCUT2D eigenvalue weighted by atomic mass is 10.2. The molecule has 1 unspecified atom stereocenters. The van der Waals surface area contributed by atoms with E-state index in [-0.39, 0.29) is 16.6 Å². The van der Waals surface area contributed by atoms with Crippen LogP contribution in [-0.4, -0.2) is 42.6 Å². The highest BCUT2D eigenvalue weighted by molar-refractivity contribution is 6.33. The summed E-state index contributed by atoms with van der Waals surface area (Å²) in [4.78, 5) is 14.2. The van der Waals surface area contributed by atoms with Crippen LogP contribution in [0.5, 0.6) is 0 Å². The van der Waals surface area contributed by atoms with E-state index in [1.54, 1.807) is 13.3 Å². The molecule has 0 aliphatic carbocycles. The smallest absolute Gasteiger partial charge is 0.287 e. The monoisotopic (exact) mass is 286 g/mol. The van der Waals surface area contributed by atoms with Gasteiger partial charge in [-0.25, -0.2) is 4.68 Å². The zero-order valence-corrected chi connectivity index (χ0v) is 11.8. The molecule has 1 fully saturated rings. The fourth-order valence-electron chi connectivity index (χ4n) is 2.39. The van der Waals surface area contributed by atoms with Gasteiger partial charge in [0.05, 0.1) is 25.0 Å². The normalized spacial score (nSPS) is 19.1. The summed E-state index contributed by atoms with van der Waals surface area (Å²) < 4.78 is 6.26. The number of hydrogen-bond acceptors (Lipinski definition) is 5. The van der Waals surface area contributed by atoms with Crippen LogP contribution in [0, 0.1) is 0 Å². The number of methoxy groups -OCH3 is 1. The zero-order valence-electron chi connectivity index (χ0n) is 11.0. The number of ether oxygens (including phenoxy) is 1. The average molecular weight is 287 g/mol. The maximum atomic E-state index is 12.1. The Bertz CT molecular complexity index is 491. The molecule has 6 nitrogen and oxygen atoms in total. The minimum Gasteiger partial charge on any atom is -0.383 e. The molecular formula is C12H19ClN4O2. The number of nitrogens with two attached hydrogens (primary N) is 1. The van der Waals surface area contributed by atoms with Crippen LogP contribution < -0.4 is 16.2 Å². The number of nitrogens with zero attached hydrogens (tertiary/aromatic N) is 3. The highest BCUT2D eigenvalue weighted by atomic mass is 35.5. The van der Waals surface area contributed by atoms with Gasteiger partial charge < -0.3 is 15.4 Å². The largest absolute Gasteiger partial charge is 0.383 e. The standard InChI is InChI=1S/C12H19ClN4O2/c1-19-6-5-17-12(18)11(13)10(8-15-17)16-4-2-3-9(16)7-14/h8-9H,2-7,14H2,1H3. The zero-order chi connectivity index (χ0) is 13.8. The van der Waals surface area contributed by atoms with Gasteiger partial charge in [0, 0.05) is 26.2 Å². The lowest BCUT2D eigenvalue weighted by molar-refractivity contribution is 0.182. The Morgan fingerprint density at radius 3 is 3.11 bits per heavy atom. The second-order valence-corrected chi connectivity index (χ2v) is 4.97. The van der Waals surface area contributed by atoms with Gasteiger partial charge >= 0.3 is 0 Å². The van der Waals surface area contributed by atoms with Gasteiger partial charge in [0.1, 0.15) is 5.02 Å². The third-order valence-electron chi connectivity index (χ3n) is 3.43. The topological polar surface area (TPSA) is 73.4 Å². The second kappa shape index (κ2) is 6.36. The van der Waals surface area contributed by atoms with E-state index in [1.165, 1.54) is 4.68 Å². The maximum Gasteiger partial charge on any atom is 0.287 e. The third kappa shape index (κ3) is 2.91. The molecular weight excluding hydrogens is 268 g/mol. The molecule has 2 N–H and O–H groups in total. The van der Waals surface area contributed by atoms with E-state index in [0.717, 1.165) is 19.4 Å². The molecule has 7 heteroatoms. The summed E-state index contributed by atoms with van der Waals surface area (Å²) in [6.45, 7) is 2.25. The van der Waals surface area contributed by atoms with Gasteiger partial charge in [-0.05, 0) is 12.8 Å². The van der Waals surface area contributed by atoms with Crippen LogP contribution in [0.2, 0.25) is 5.02 Å². The number of anilines is 1. The van der Waals surface area contributed by atoms with Crippen molar-refractivity contribution in [1.82, 2.24) is 9.78 Å². The first-order chi connectivity index (χ1) is 9.19. The Balaban J connectivity index is 2.28. The number of aromatic nitrogens is 2. The van der Waals surface area contributed by atoms with Gasteiger partial charge in [-0.3, -0.25) is 4.79 Å². The van der Waals surface area contributed by atoms with Crippen molar-refractivity contribution in [2.24, 2.45) is 5.73 Å². The molecule has 19 heavy (non-hydrogen) atoms. The minimum atomic E-state index is -0.279. The van der Waals surface area contributed by atoms with Crippen molar-refractivity contribution in [2.45, 2.75) is 25.4 Å². The van der Waals surface area contributed by atoms with Gasteiger partial charge in [-0.1, -0.05) is 11.6 Å². The summed E-state index contributed by atoms with van der Waals surface area (Å²) in [5.41, 5.74) is 6.15. The number of halogens is 1. The molecule has 1 saturated heterocycles. The molecule has 2 rings (SSSR count). The van der Waals surface area contributed by atoms with Gasteiger partial charge in [0.25, 0.3) is 5.56 Å². The highest BCUT2D eigenvalue weighted by Crippen LogP contribution is 2.28. The van der Waals surface area contributed by atoms with E-state index in [1.807, 2.05) is 0 Å². The molecule has 106 valence electrons. The van der Waals surface area contributed by atoms with Crippen molar-refractivity contribution in [1.29, 1.82) is 0 Å². The molecule has 1 aromatic heterocycles. The van der Waals surface area contributed by atoms with Crippen molar-refractivity contribution in [3.8, 4) is 0 Å². The number of rotatable bonds is 5. The quantitative estimate of drug-likeness (QED) is 0.852. The maximum absolute atomic E-state index is 12.1. The highest BCUT2D eigenvalue weighted by Gasteiger charge is 2.26. The van der Waals surface area contributed by atoms with Crippen LogP contribution in [0.3, 0.4) is 0 Å². The van der Waals surface area contributed by atoms with Crippen molar-refractivity contribution < 1.29 is 4.74 Å². The van der Waals surface area contributed by atoms with E-state index in [0.29, 0.717) is 25.4 Å². The summed E-state index contributed by atoms with van der Waals surface area (Å²) in [6.07, 6.45) is 3.73. The third-order valence-corrected chi connectivity index (χ3v) is 3.79. The average Bonchev–Trinajstić information content (AvgIpc) is 2.88. The summed E-state index contributed by atoms with van der Waals surface area (Å²) >= 11 is 6.18. The van der Waals surface area contributed by atoms with Crippen LogP contribution in [0.4, 0.5) is 5.69 Å². The minimum absolute atomic E-state index is 0.214. The first-order valence-corrected chi connectivity index (χ1v) is 6.78. The molecule has 2 heterocycles. The van der Waals surface area contributed by atoms with E-state index < -0.39 is 0 Å². The van der Waals surface area contributed by atoms with Gasteiger partial charge in [-0.15, -0.1) is 0 Å². The molecule has 0 aromatic carbocycles. The van der Waals surface area contributed by atoms with Crippen LogP contribution >= 0.6 is 11.6 Å². The number of hydrogen-bond donors (Lipinski definition) is 1. The fraction of sp³-hybridized carbons (Fsp3) is 0.667. The van der Waals surface area contributed by atoms with E-state index in [2.05, 4.69) is 10.00 Å². The van der Waals surface area contributed by atoms with Crippen molar-refractivity contribution in [3.63, 3.8) is 0 Å². The summed E-state index contributed by atoms with van der Waals surface area (Å²) in [5.74, 6) is 0. The van der Waals surface area contributed by atoms with Crippen molar-refractivity contribution in [3.05, 3.63) is 21.6 Å². The van der Waals surface area contributed by atoms with Crippen molar-refractivity contribution >= 4 is 17.3 Å². The van der Waals surface area contributed by atoms with E-state index >= 15 is 0 Å². The van der Waals surface area contributed by atoms with E-state index in [9.17, 15) is 4.79 Å². The van der Waals surface area contributed by atoms with Gasteiger partial charge in [-0.2, -0.15) is 5.10 Å². The van der Waals surface area contributed by atoms with Crippen molar-refractivity contribution in [2.75, 3.05) is 31.7 Å². The van der Waals surface area contributed by atoms with Crippen LogP contribution in [-0.2, 0) is 11.3 Å². The molecule has 1 aliphatic rings. The first kappa shape index (κ1) is 14.3. The molecule has 0 bridgehead atoms. The molecule has 0 amide bonds. The Hall–Kier alpha value is -1.11. The van der Waals surface area contributed by atoms with Gasteiger partial charge in [0.2, 0.25) is 0 Å². The second-order valence-electron chi connectivity index (χ2n) is 4.59. The Morgan fingerprint density at radius 2 is 2.42 bits per heavy atom. The molecule has 1 aromatic rings. The lowest BCUT2D eigenvalue weighted by Gasteiger charge is -2.26.